The van der Waals surface area contributed by atoms with Crippen molar-refractivity contribution in [3.8, 4) is 10.6 Å². The van der Waals surface area contributed by atoms with Crippen LogP contribution in [0.5, 0.6) is 0 Å². The quantitative estimate of drug-likeness (QED) is 0.854. The Morgan fingerprint density at radius 3 is 2.71 bits per heavy atom. The summed E-state index contributed by atoms with van der Waals surface area (Å²) in [5, 5.41) is 5.50. The Bertz CT molecular complexity index is 760. The molecule has 0 saturated heterocycles. The summed E-state index contributed by atoms with van der Waals surface area (Å²) in [4.78, 5) is 18.1. The van der Waals surface area contributed by atoms with Gasteiger partial charge in [-0.3, -0.25) is 4.79 Å². The first-order valence-corrected chi connectivity index (χ1v) is 9.55. The third-order valence-corrected chi connectivity index (χ3v) is 6.03. The maximum absolute atomic E-state index is 12.2. The summed E-state index contributed by atoms with van der Waals surface area (Å²) in [5.74, 6) is 0.235. The molecule has 1 N–H and O–H groups in total. The van der Waals surface area contributed by atoms with E-state index in [1.807, 2.05) is 18.2 Å². The molecule has 1 heterocycles. The van der Waals surface area contributed by atoms with E-state index in [4.69, 9.17) is 4.98 Å². The van der Waals surface area contributed by atoms with Gasteiger partial charge in [0.15, 0.2) is 0 Å². The molecule has 0 unspecified atom stereocenters. The number of hydrazone groups is 1. The summed E-state index contributed by atoms with van der Waals surface area (Å²) < 4.78 is 0. The number of rotatable bonds is 3. The van der Waals surface area contributed by atoms with Crippen LogP contribution in [0.2, 0.25) is 0 Å². The first-order valence-electron chi connectivity index (χ1n) is 8.73. The fraction of sp³-hybridized carbons (Fsp3) is 0.421. The van der Waals surface area contributed by atoms with Crippen LogP contribution in [0.1, 0.15) is 49.1 Å². The highest BCUT2D eigenvalue weighted by Crippen LogP contribution is 2.33. The smallest absolute Gasteiger partial charge is 0.243 e. The van der Waals surface area contributed by atoms with E-state index in [1.54, 1.807) is 11.3 Å². The van der Waals surface area contributed by atoms with Gasteiger partial charge in [0.05, 0.1) is 16.3 Å². The molecule has 4 rings (SSSR count). The Kier molecular flexibility index (Phi) is 4.43. The Labute approximate surface area is 146 Å². The molecule has 2 aromatic rings. The zero-order valence-corrected chi connectivity index (χ0v) is 14.4. The molecule has 1 amide bonds. The summed E-state index contributed by atoms with van der Waals surface area (Å²) in [6.45, 7) is 0. The van der Waals surface area contributed by atoms with Gasteiger partial charge in [0.25, 0.3) is 0 Å². The van der Waals surface area contributed by atoms with Gasteiger partial charge in [-0.15, -0.1) is 11.3 Å². The number of hydrogen-bond acceptors (Lipinski definition) is 4. The highest BCUT2D eigenvalue weighted by molar-refractivity contribution is 7.17. The van der Waals surface area contributed by atoms with Crippen LogP contribution in [0.4, 0.5) is 0 Å². The lowest BCUT2D eigenvalue weighted by atomic mass is 10.0. The van der Waals surface area contributed by atoms with Gasteiger partial charge >= 0.3 is 0 Å². The van der Waals surface area contributed by atoms with Crippen LogP contribution in [0.3, 0.4) is 0 Å². The average Bonchev–Trinajstić information content (AvgIpc) is 3.30. The van der Waals surface area contributed by atoms with E-state index in [0.29, 0.717) is 0 Å². The second kappa shape index (κ2) is 6.85. The molecule has 5 heteroatoms. The van der Waals surface area contributed by atoms with Crippen molar-refractivity contribution in [2.45, 2.75) is 44.9 Å². The Morgan fingerprint density at radius 1 is 1.12 bits per heavy atom. The second-order valence-electron chi connectivity index (χ2n) is 6.53. The number of amides is 1. The number of carbonyl (C=O) groups is 1. The molecule has 1 aromatic heterocycles. The van der Waals surface area contributed by atoms with E-state index < -0.39 is 0 Å². The number of fused-ring (bicyclic) bond motifs is 1. The topological polar surface area (TPSA) is 54.4 Å². The van der Waals surface area contributed by atoms with Gasteiger partial charge in [-0.25, -0.2) is 10.4 Å². The van der Waals surface area contributed by atoms with Crippen LogP contribution in [0.25, 0.3) is 10.6 Å². The third kappa shape index (κ3) is 3.13. The standard InChI is InChI=1S/C19H21N3OS/c23-18(13-7-4-5-8-13)22-21-16-12-6-11-15-17(16)24-19(20-15)14-9-2-1-3-10-14/h1-3,9-10,13H,4-8,11-12H2,(H,22,23)/b21-16-. The lowest BCUT2D eigenvalue weighted by molar-refractivity contribution is -0.124. The summed E-state index contributed by atoms with van der Waals surface area (Å²) in [6, 6.07) is 10.3. The molecule has 1 saturated carbocycles. The molecule has 2 aliphatic carbocycles. The van der Waals surface area contributed by atoms with Crippen molar-refractivity contribution in [1.82, 2.24) is 10.4 Å². The maximum atomic E-state index is 12.2. The first kappa shape index (κ1) is 15.5. The highest BCUT2D eigenvalue weighted by atomic mass is 32.1. The van der Waals surface area contributed by atoms with E-state index in [0.717, 1.165) is 71.8 Å². The van der Waals surface area contributed by atoms with Gasteiger partial charge in [-0.2, -0.15) is 5.10 Å². The maximum Gasteiger partial charge on any atom is 0.243 e. The molecule has 0 bridgehead atoms. The predicted octanol–water partition coefficient (Wildman–Crippen LogP) is 4.16. The van der Waals surface area contributed by atoms with E-state index in [2.05, 4.69) is 22.7 Å². The lowest BCUT2D eigenvalue weighted by Gasteiger charge is -2.13. The van der Waals surface area contributed by atoms with Crippen molar-refractivity contribution >= 4 is 23.0 Å². The third-order valence-electron chi connectivity index (χ3n) is 4.83. The number of carbonyl (C=O) groups excluding carboxylic acids is 1. The molecule has 4 nitrogen and oxygen atoms in total. The van der Waals surface area contributed by atoms with Crippen LogP contribution in [-0.4, -0.2) is 16.6 Å². The van der Waals surface area contributed by atoms with Crippen molar-refractivity contribution in [3.63, 3.8) is 0 Å². The summed E-state index contributed by atoms with van der Waals surface area (Å²) in [5.41, 5.74) is 6.07. The SMILES string of the molecule is O=C(N/N=C1/CCCc2nc(-c3ccccc3)sc21)C1CCCC1. The molecule has 0 radical (unpaired) electrons. The number of hydrogen-bond donors (Lipinski definition) is 1. The number of aryl methyl sites for hydroxylation is 1. The first-order chi connectivity index (χ1) is 11.8. The van der Waals surface area contributed by atoms with Gasteiger partial charge < -0.3 is 0 Å². The number of benzene rings is 1. The fourth-order valence-electron chi connectivity index (χ4n) is 3.50. The van der Waals surface area contributed by atoms with Crippen molar-refractivity contribution < 1.29 is 4.79 Å². The summed E-state index contributed by atoms with van der Waals surface area (Å²) in [7, 11) is 0. The van der Waals surface area contributed by atoms with Crippen molar-refractivity contribution in [1.29, 1.82) is 0 Å². The molecule has 0 atom stereocenters. The zero-order chi connectivity index (χ0) is 16.4. The summed E-state index contributed by atoms with van der Waals surface area (Å²) >= 11 is 1.69. The van der Waals surface area contributed by atoms with Crippen LogP contribution in [0, 0.1) is 5.92 Å². The Balaban J connectivity index is 1.56. The monoisotopic (exact) mass is 339 g/mol. The largest absolute Gasteiger partial charge is 0.273 e. The predicted molar refractivity (Wildman–Crippen MR) is 97.1 cm³/mol. The highest BCUT2D eigenvalue weighted by Gasteiger charge is 2.24. The number of nitrogens with one attached hydrogen (secondary N) is 1. The second-order valence-corrected chi connectivity index (χ2v) is 7.53. The normalized spacial score (nSPS) is 19.4. The number of aromatic nitrogens is 1. The minimum absolute atomic E-state index is 0.0833. The average molecular weight is 339 g/mol. The van der Waals surface area contributed by atoms with E-state index in [-0.39, 0.29) is 11.8 Å². The molecule has 2 aliphatic rings. The van der Waals surface area contributed by atoms with E-state index in [9.17, 15) is 4.79 Å². The molecule has 0 spiro atoms. The number of thiazole rings is 1. The van der Waals surface area contributed by atoms with Crippen LogP contribution in [-0.2, 0) is 11.2 Å². The zero-order valence-electron chi connectivity index (χ0n) is 13.6. The summed E-state index contributed by atoms with van der Waals surface area (Å²) in [6.07, 6.45) is 7.27. The van der Waals surface area contributed by atoms with Crippen molar-refractivity contribution in [2.75, 3.05) is 0 Å². The van der Waals surface area contributed by atoms with Crippen LogP contribution in [0.15, 0.2) is 35.4 Å². The van der Waals surface area contributed by atoms with Gasteiger partial charge in [0.1, 0.15) is 5.01 Å². The van der Waals surface area contributed by atoms with Crippen LogP contribution >= 0.6 is 11.3 Å². The van der Waals surface area contributed by atoms with Crippen LogP contribution < -0.4 is 5.43 Å². The van der Waals surface area contributed by atoms with E-state index >= 15 is 0 Å². The molecular weight excluding hydrogens is 318 g/mol. The van der Waals surface area contributed by atoms with Crippen molar-refractivity contribution in [3.05, 3.63) is 40.9 Å². The minimum Gasteiger partial charge on any atom is -0.273 e. The Morgan fingerprint density at radius 2 is 1.92 bits per heavy atom. The van der Waals surface area contributed by atoms with Gasteiger partial charge in [-0.05, 0) is 32.1 Å². The van der Waals surface area contributed by atoms with Gasteiger partial charge in [-0.1, -0.05) is 43.2 Å². The van der Waals surface area contributed by atoms with Crippen molar-refractivity contribution in [2.24, 2.45) is 11.0 Å². The van der Waals surface area contributed by atoms with E-state index in [1.165, 1.54) is 0 Å². The minimum atomic E-state index is 0.0833. The molecule has 0 aliphatic heterocycles. The van der Waals surface area contributed by atoms with Gasteiger partial charge in [0, 0.05) is 11.5 Å². The molecule has 1 aromatic carbocycles. The lowest BCUT2D eigenvalue weighted by Crippen LogP contribution is -2.26. The fourth-order valence-corrected chi connectivity index (χ4v) is 4.63. The Hall–Kier alpha value is -2.01. The number of nitrogens with zero attached hydrogens (tertiary/aromatic N) is 2. The molecule has 1 fully saturated rings. The molecule has 124 valence electrons. The molecule has 24 heavy (non-hydrogen) atoms. The van der Waals surface area contributed by atoms with Gasteiger partial charge in [0.2, 0.25) is 5.91 Å². The molecular formula is C19H21N3OS.